The maximum atomic E-state index is 12.1. The van der Waals surface area contributed by atoms with Crippen LogP contribution >= 0.6 is 0 Å². The van der Waals surface area contributed by atoms with E-state index in [2.05, 4.69) is 46.1 Å². The highest BCUT2D eigenvalue weighted by atomic mass is 16.5. The van der Waals surface area contributed by atoms with Gasteiger partial charge in [-0.05, 0) is 50.9 Å². The third-order valence-electron chi connectivity index (χ3n) is 4.47. The minimum Gasteiger partial charge on any atom is -0.462 e. The van der Waals surface area contributed by atoms with Crippen molar-refractivity contribution in [1.29, 1.82) is 0 Å². The van der Waals surface area contributed by atoms with Gasteiger partial charge in [0, 0.05) is 18.8 Å². The highest BCUT2D eigenvalue weighted by Gasteiger charge is 2.33. The van der Waals surface area contributed by atoms with Crippen LogP contribution in [0.3, 0.4) is 0 Å². The van der Waals surface area contributed by atoms with Gasteiger partial charge in [-0.1, -0.05) is 27.4 Å². The summed E-state index contributed by atoms with van der Waals surface area (Å²) in [4.78, 5) is 14.2. The Kier molecular flexibility index (Phi) is 6.76. The maximum Gasteiger partial charge on any atom is 0.306 e. The van der Waals surface area contributed by atoms with Gasteiger partial charge in [-0.2, -0.15) is 0 Å². The van der Waals surface area contributed by atoms with Gasteiger partial charge in [0.2, 0.25) is 0 Å². The minimum absolute atomic E-state index is 0.0711. The van der Waals surface area contributed by atoms with E-state index in [9.17, 15) is 4.79 Å². The average molecular weight is 295 g/mol. The second-order valence-electron chi connectivity index (χ2n) is 7.26. The quantitative estimate of drug-likeness (QED) is 0.653. The van der Waals surface area contributed by atoms with Crippen molar-refractivity contribution in [2.24, 2.45) is 11.3 Å². The van der Waals surface area contributed by atoms with Gasteiger partial charge in [0.1, 0.15) is 6.10 Å². The molecular weight excluding hydrogens is 262 g/mol. The fraction of sp³-hybridized carbons (Fsp3) is 0.833. The lowest BCUT2D eigenvalue weighted by molar-refractivity contribution is -0.153. The van der Waals surface area contributed by atoms with Crippen LogP contribution in [0.25, 0.3) is 0 Å². The number of esters is 1. The molecule has 0 aromatic heterocycles. The molecule has 0 bridgehead atoms. The van der Waals surface area contributed by atoms with Crippen LogP contribution in [0.1, 0.15) is 66.7 Å². The van der Waals surface area contributed by atoms with Crippen LogP contribution in [0.15, 0.2) is 12.3 Å². The van der Waals surface area contributed by atoms with Crippen LogP contribution in [-0.2, 0) is 9.53 Å². The zero-order valence-electron chi connectivity index (χ0n) is 14.6. The first-order valence-corrected chi connectivity index (χ1v) is 8.39. The summed E-state index contributed by atoms with van der Waals surface area (Å²) < 4.78 is 5.70. The maximum absolute atomic E-state index is 12.1. The highest BCUT2D eigenvalue weighted by Crippen LogP contribution is 2.39. The molecule has 1 aliphatic rings. The number of hydrogen-bond donors (Lipinski definition) is 0. The van der Waals surface area contributed by atoms with Crippen molar-refractivity contribution < 1.29 is 9.53 Å². The van der Waals surface area contributed by atoms with Gasteiger partial charge < -0.3 is 9.64 Å². The van der Waals surface area contributed by atoms with E-state index in [1.54, 1.807) is 0 Å². The molecule has 0 amide bonds. The van der Waals surface area contributed by atoms with Crippen molar-refractivity contribution in [2.75, 3.05) is 13.1 Å². The summed E-state index contributed by atoms with van der Waals surface area (Å²) in [5.74, 6) is 0.565. The third kappa shape index (κ3) is 6.11. The summed E-state index contributed by atoms with van der Waals surface area (Å²) in [6, 6.07) is 0. The lowest BCUT2D eigenvalue weighted by Crippen LogP contribution is -2.34. The largest absolute Gasteiger partial charge is 0.462 e. The van der Waals surface area contributed by atoms with E-state index in [0.29, 0.717) is 18.8 Å². The molecule has 2 unspecified atom stereocenters. The molecule has 0 aliphatic heterocycles. The molecule has 0 spiro atoms. The summed E-state index contributed by atoms with van der Waals surface area (Å²) in [6.45, 7) is 17.0. The standard InChI is InChI=1S/C18H33NO2/c1-7-19(8-2)15(4)9-10-17(20)21-16-11-14(3)12-18(5,6)13-16/h14,16H,4,7-13H2,1-3,5-6H3. The van der Waals surface area contributed by atoms with Crippen LogP contribution in [0, 0.1) is 11.3 Å². The molecule has 122 valence electrons. The Balaban J connectivity index is 2.38. The molecule has 21 heavy (non-hydrogen) atoms. The molecule has 0 heterocycles. The van der Waals surface area contributed by atoms with Gasteiger partial charge in [-0.3, -0.25) is 4.79 Å². The minimum atomic E-state index is -0.0711. The zero-order valence-corrected chi connectivity index (χ0v) is 14.6. The molecular formula is C18H33NO2. The molecule has 0 saturated heterocycles. The summed E-state index contributed by atoms with van der Waals surface area (Å²) in [5.41, 5.74) is 1.32. The molecule has 0 aromatic rings. The van der Waals surface area contributed by atoms with E-state index in [4.69, 9.17) is 4.74 Å². The Morgan fingerprint density at radius 2 is 1.86 bits per heavy atom. The first kappa shape index (κ1) is 18.1. The lowest BCUT2D eigenvalue weighted by atomic mass is 9.71. The Hall–Kier alpha value is -0.990. The van der Waals surface area contributed by atoms with Gasteiger partial charge >= 0.3 is 5.97 Å². The van der Waals surface area contributed by atoms with Gasteiger partial charge in [0.05, 0.1) is 6.42 Å². The average Bonchev–Trinajstić information content (AvgIpc) is 2.35. The number of ether oxygens (including phenoxy) is 1. The summed E-state index contributed by atoms with van der Waals surface area (Å²) in [7, 11) is 0. The van der Waals surface area contributed by atoms with Crippen molar-refractivity contribution in [2.45, 2.75) is 72.8 Å². The van der Waals surface area contributed by atoms with Crippen molar-refractivity contribution in [3.63, 3.8) is 0 Å². The fourth-order valence-electron chi connectivity index (χ4n) is 3.67. The Bertz CT molecular complexity index is 358. The normalized spacial score (nSPS) is 24.4. The molecule has 3 heteroatoms. The van der Waals surface area contributed by atoms with Crippen LogP contribution < -0.4 is 0 Å². The first-order valence-electron chi connectivity index (χ1n) is 8.39. The van der Waals surface area contributed by atoms with Gasteiger partial charge in [0.15, 0.2) is 0 Å². The van der Waals surface area contributed by atoms with E-state index in [1.165, 1.54) is 6.42 Å². The summed E-state index contributed by atoms with van der Waals surface area (Å²) in [5, 5.41) is 0. The number of allylic oxidation sites excluding steroid dienone is 1. The Labute approximate surface area is 130 Å². The van der Waals surface area contributed by atoms with Gasteiger partial charge in [-0.15, -0.1) is 0 Å². The number of nitrogens with zero attached hydrogens (tertiary/aromatic N) is 1. The van der Waals surface area contributed by atoms with Crippen LogP contribution in [0.2, 0.25) is 0 Å². The fourth-order valence-corrected chi connectivity index (χ4v) is 3.67. The molecule has 3 nitrogen and oxygen atoms in total. The molecule has 1 saturated carbocycles. The van der Waals surface area contributed by atoms with Gasteiger partial charge in [0.25, 0.3) is 0 Å². The number of rotatable bonds is 7. The molecule has 0 radical (unpaired) electrons. The first-order chi connectivity index (χ1) is 9.77. The predicted molar refractivity (Wildman–Crippen MR) is 88.0 cm³/mol. The van der Waals surface area contributed by atoms with E-state index < -0.39 is 0 Å². The van der Waals surface area contributed by atoms with Crippen molar-refractivity contribution in [3.05, 3.63) is 12.3 Å². The van der Waals surface area contributed by atoms with Crippen LogP contribution in [0.5, 0.6) is 0 Å². The summed E-state index contributed by atoms with van der Waals surface area (Å²) in [6.07, 6.45) is 4.46. The van der Waals surface area contributed by atoms with Crippen molar-refractivity contribution in [1.82, 2.24) is 4.90 Å². The predicted octanol–water partition coefficient (Wildman–Crippen LogP) is 4.38. The lowest BCUT2D eigenvalue weighted by Gasteiger charge is -2.38. The molecule has 1 fully saturated rings. The molecule has 1 aliphatic carbocycles. The summed E-state index contributed by atoms with van der Waals surface area (Å²) >= 11 is 0. The van der Waals surface area contributed by atoms with Crippen molar-refractivity contribution in [3.8, 4) is 0 Å². The second-order valence-corrected chi connectivity index (χ2v) is 7.26. The molecule has 2 atom stereocenters. The molecule has 0 N–H and O–H groups in total. The van der Waals surface area contributed by atoms with E-state index in [0.717, 1.165) is 31.6 Å². The molecule has 1 rings (SSSR count). The number of carbonyl (C=O) groups excluding carboxylic acids is 1. The van der Waals surface area contributed by atoms with E-state index >= 15 is 0 Å². The third-order valence-corrected chi connectivity index (χ3v) is 4.47. The van der Waals surface area contributed by atoms with E-state index in [1.807, 2.05) is 0 Å². The number of hydrogen-bond acceptors (Lipinski definition) is 3. The van der Waals surface area contributed by atoms with Gasteiger partial charge in [-0.25, -0.2) is 0 Å². The van der Waals surface area contributed by atoms with Crippen LogP contribution in [-0.4, -0.2) is 30.1 Å². The molecule has 0 aromatic carbocycles. The Morgan fingerprint density at radius 1 is 1.24 bits per heavy atom. The number of carbonyl (C=O) groups is 1. The zero-order chi connectivity index (χ0) is 16.0. The smallest absolute Gasteiger partial charge is 0.306 e. The SMILES string of the molecule is C=C(CCC(=O)OC1CC(C)CC(C)(C)C1)N(CC)CC. The highest BCUT2D eigenvalue weighted by molar-refractivity contribution is 5.69. The monoisotopic (exact) mass is 295 g/mol. The Morgan fingerprint density at radius 3 is 2.38 bits per heavy atom. The second kappa shape index (κ2) is 7.86. The van der Waals surface area contributed by atoms with Crippen molar-refractivity contribution >= 4 is 5.97 Å². The van der Waals surface area contributed by atoms with E-state index in [-0.39, 0.29) is 17.5 Å². The topological polar surface area (TPSA) is 29.5 Å². The van der Waals surface area contributed by atoms with Crippen LogP contribution in [0.4, 0.5) is 0 Å².